The standard InChI is InChI=1S/C16H23NO3S/c1-12-3-8-21-14(12)15(18)17-9-13(10-19-2)16(11-17)4-6-20-7-5-16/h3,8,13H,4-7,9-11H2,1-2H3/t13-/m0/s1. The Kier molecular flexibility index (Phi) is 4.33. The van der Waals surface area contributed by atoms with Crippen LogP contribution in [0.5, 0.6) is 0 Å². The highest BCUT2D eigenvalue weighted by molar-refractivity contribution is 7.12. The first-order valence-corrected chi connectivity index (χ1v) is 8.44. The SMILES string of the molecule is COC[C@@H]1CN(C(=O)c2sccc2C)CC12CCOCC2. The van der Waals surface area contributed by atoms with Crippen LogP contribution >= 0.6 is 11.3 Å². The Morgan fingerprint density at radius 1 is 1.52 bits per heavy atom. The fraction of sp³-hybridized carbons (Fsp3) is 0.688. The minimum Gasteiger partial charge on any atom is -0.384 e. The summed E-state index contributed by atoms with van der Waals surface area (Å²) in [5, 5.41) is 2.00. The molecule has 3 rings (SSSR count). The number of rotatable bonds is 3. The third kappa shape index (κ3) is 2.74. The maximum atomic E-state index is 12.8. The van der Waals surface area contributed by atoms with Gasteiger partial charge in [0.05, 0.1) is 11.5 Å². The summed E-state index contributed by atoms with van der Waals surface area (Å²) in [6.07, 6.45) is 2.07. The van der Waals surface area contributed by atoms with E-state index in [2.05, 4.69) is 0 Å². The van der Waals surface area contributed by atoms with Gasteiger partial charge in [0.1, 0.15) is 0 Å². The molecule has 2 saturated heterocycles. The molecule has 1 atom stereocenters. The predicted molar refractivity (Wildman–Crippen MR) is 82.8 cm³/mol. The van der Waals surface area contributed by atoms with Crippen molar-refractivity contribution in [3.63, 3.8) is 0 Å². The van der Waals surface area contributed by atoms with Gasteiger partial charge in [0, 0.05) is 39.3 Å². The van der Waals surface area contributed by atoms with E-state index in [9.17, 15) is 4.79 Å². The molecule has 1 spiro atoms. The number of likely N-dealkylation sites (tertiary alicyclic amines) is 1. The van der Waals surface area contributed by atoms with Crippen molar-refractivity contribution in [2.45, 2.75) is 19.8 Å². The summed E-state index contributed by atoms with van der Waals surface area (Å²) in [7, 11) is 1.75. The van der Waals surface area contributed by atoms with E-state index in [1.54, 1.807) is 18.4 Å². The molecule has 0 bridgehead atoms. The van der Waals surface area contributed by atoms with Gasteiger partial charge in [-0.05, 0) is 42.2 Å². The lowest BCUT2D eigenvalue weighted by molar-refractivity contribution is -0.0169. The van der Waals surface area contributed by atoms with E-state index in [0.717, 1.165) is 56.2 Å². The van der Waals surface area contributed by atoms with Crippen molar-refractivity contribution in [1.82, 2.24) is 4.90 Å². The van der Waals surface area contributed by atoms with E-state index in [1.165, 1.54) is 0 Å². The Hall–Kier alpha value is -0.910. The van der Waals surface area contributed by atoms with E-state index in [0.29, 0.717) is 5.92 Å². The van der Waals surface area contributed by atoms with Crippen LogP contribution in [-0.2, 0) is 9.47 Å². The average Bonchev–Trinajstić information content (AvgIpc) is 3.05. The highest BCUT2D eigenvalue weighted by Gasteiger charge is 2.48. The molecule has 1 aromatic rings. The first-order valence-electron chi connectivity index (χ1n) is 7.56. The Labute approximate surface area is 130 Å². The van der Waals surface area contributed by atoms with Gasteiger partial charge in [0.2, 0.25) is 0 Å². The highest BCUT2D eigenvalue weighted by atomic mass is 32.1. The summed E-state index contributed by atoms with van der Waals surface area (Å²) in [5.74, 6) is 0.614. The van der Waals surface area contributed by atoms with Crippen LogP contribution in [0.1, 0.15) is 28.1 Å². The molecule has 116 valence electrons. The molecular weight excluding hydrogens is 286 g/mol. The molecular formula is C16H23NO3S. The number of thiophene rings is 1. The Balaban J connectivity index is 1.79. The zero-order chi connectivity index (χ0) is 14.9. The summed E-state index contributed by atoms with van der Waals surface area (Å²) >= 11 is 1.55. The molecule has 0 unspecified atom stereocenters. The number of carbonyl (C=O) groups is 1. The lowest BCUT2D eigenvalue weighted by atomic mass is 9.72. The molecule has 0 radical (unpaired) electrons. The van der Waals surface area contributed by atoms with Gasteiger partial charge in [0.15, 0.2) is 0 Å². The zero-order valence-electron chi connectivity index (χ0n) is 12.8. The number of hydrogen-bond acceptors (Lipinski definition) is 4. The minimum atomic E-state index is 0.187. The lowest BCUT2D eigenvalue weighted by Gasteiger charge is -2.37. The number of ether oxygens (including phenoxy) is 2. The van der Waals surface area contributed by atoms with Crippen LogP contribution in [0.4, 0.5) is 0 Å². The van der Waals surface area contributed by atoms with Crippen LogP contribution < -0.4 is 0 Å². The first-order chi connectivity index (χ1) is 10.2. The van der Waals surface area contributed by atoms with Crippen LogP contribution in [0.3, 0.4) is 0 Å². The van der Waals surface area contributed by atoms with Crippen molar-refractivity contribution in [2.75, 3.05) is 40.0 Å². The lowest BCUT2D eigenvalue weighted by Crippen LogP contribution is -2.39. The average molecular weight is 309 g/mol. The minimum absolute atomic E-state index is 0.187. The van der Waals surface area contributed by atoms with Crippen molar-refractivity contribution >= 4 is 17.2 Å². The molecule has 5 heteroatoms. The van der Waals surface area contributed by atoms with Gasteiger partial charge in [-0.15, -0.1) is 11.3 Å². The molecule has 1 amide bonds. The van der Waals surface area contributed by atoms with Gasteiger partial charge < -0.3 is 14.4 Å². The normalized spacial score (nSPS) is 24.7. The molecule has 0 saturated carbocycles. The van der Waals surface area contributed by atoms with Crippen molar-refractivity contribution in [2.24, 2.45) is 11.3 Å². The number of aryl methyl sites for hydroxylation is 1. The van der Waals surface area contributed by atoms with E-state index in [4.69, 9.17) is 9.47 Å². The molecule has 2 fully saturated rings. The van der Waals surface area contributed by atoms with E-state index in [1.807, 2.05) is 23.3 Å². The van der Waals surface area contributed by atoms with Crippen LogP contribution in [-0.4, -0.2) is 50.8 Å². The summed E-state index contributed by atoms with van der Waals surface area (Å²) < 4.78 is 10.9. The number of hydrogen-bond donors (Lipinski definition) is 0. The topological polar surface area (TPSA) is 38.8 Å². The summed E-state index contributed by atoms with van der Waals surface area (Å²) in [4.78, 5) is 15.7. The highest BCUT2D eigenvalue weighted by Crippen LogP contribution is 2.44. The molecule has 0 aromatic carbocycles. The van der Waals surface area contributed by atoms with Crippen molar-refractivity contribution < 1.29 is 14.3 Å². The second-order valence-corrected chi connectivity index (χ2v) is 7.16. The largest absolute Gasteiger partial charge is 0.384 e. The second-order valence-electron chi connectivity index (χ2n) is 6.25. The second kappa shape index (κ2) is 6.07. The van der Waals surface area contributed by atoms with Gasteiger partial charge >= 0.3 is 0 Å². The molecule has 3 heterocycles. The van der Waals surface area contributed by atoms with Crippen molar-refractivity contribution in [3.05, 3.63) is 21.9 Å². The molecule has 2 aliphatic heterocycles. The van der Waals surface area contributed by atoms with Crippen molar-refractivity contribution in [1.29, 1.82) is 0 Å². The Morgan fingerprint density at radius 3 is 2.90 bits per heavy atom. The monoisotopic (exact) mass is 309 g/mol. The summed E-state index contributed by atoms with van der Waals surface area (Å²) in [6, 6.07) is 2.02. The number of amides is 1. The van der Waals surface area contributed by atoms with E-state index >= 15 is 0 Å². The Bertz CT molecular complexity index is 507. The zero-order valence-corrected chi connectivity index (χ0v) is 13.6. The van der Waals surface area contributed by atoms with Crippen LogP contribution in [0.25, 0.3) is 0 Å². The molecule has 0 aliphatic carbocycles. The maximum Gasteiger partial charge on any atom is 0.264 e. The molecule has 21 heavy (non-hydrogen) atoms. The van der Waals surface area contributed by atoms with Gasteiger partial charge in [0.25, 0.3) is 5.91 Å². The Morgan fingerprint density at radius 2 is 2.29 bits per heavy atom. The number of methoxy groups -OCH3 is 1. The predicted octanol–water partition coefficient (Wildman–Crippen LogP) is 2.57. The van der Waals surface area contributed by atoms with E-state index < -0.39 is 0 Å². The molecule has 4 nitrogen and oxygen atoms in total. The summed E-state index contributed by atoms with van der Waals surface area (Å²) in [6.45, 7) is 6.01. The van der Waals surface area contributed by atoms with Crippen molar-refractivity contribution in [3.8, 4) is 0 Å². The van der Waals surface area contributed by atoms with E-state index in [-0.39, 0.29) is 11.3 Å². The number of carbonyl (C=O) groups excluding carboxylic acids is 1. The molecule has 1 aromatic heterocycles. The molecule has 0 N–H and O–H groups in total. The first kappa shape index (κ1) is 15.0. The number of nitrogens with zero attached hydrogens (tertiary/aromatic N) is 1. The fourth-order valence-electron chi connectivity index (χ4n) is 3.70. The van der Waals surface area contributed by atoms with Crippen LogP contribution in [0, 0.1) is 18.3 Å². The van der Waals surface area contributed by atoms with Gasteiger partial charge in [-0.3, -0.25) is 4.79 Å². The van der Waals surface area contributed by atoms with Gasteiger partial charge in [-0.25, -0.2) is 0 Å². The fourth-order valence-corrected chi connectivity index (χ4v) is 4.59. The smallest absolute Gasteiger partial charge is 0.264 e. The third-order valence-electron chi connectivity index (χ3n) is 5.01. The van der Waals surface area contributed by atoms with Gasteiger partial charge in [-0.2, -0.15) is 0 Å². The summed E-state index contributed by atoms with van der Waals surface area (Å²) in [5.41, 5.74) is 1.27. The quantitative estimate of drug-likeness (QED) is 0.861. The van der Waals surface area contributed by atoms with Crippen LogP contribution in [0.15, 0.2) is 11.4 Å². The third-order valence-corrected chi connectivity index (χ3v) is 6.02. The van der Waals surface area contributed by atoms with Crippen LogP contribution in [0.2, 0.25) is 0 Å². The maximum absolute atomic E-state index is 12.8. The van der Waals surface area contributed by atoms with Gasteiger partial charge in [-0.1, -0.05) is 0 Å². The molecule has 2 aliphatic rings.